The van der Waals surface area contributed by atoms with Gasteiger partial charge in [0.1, 0.15) is 5.82 Å². The molecule has 3 aromatic rings. The minimum atomic E-state index is -0.0452. The third-order valence-corrected chi connectivity index (χ3v) is 4.30. The highest BCUT2D eigenvalue weighted by Crippen LogP contribution is 2.21. The number of benzene rings is 2. The summed E-state index contributed by atoms with van der Waals surface area (Å²) in [6.45, 7) is 6.15. The van der Waals surface area contributed by atoms with Gasteiger partial charge < -0.3 is 10.6 Å². The number of pyridine rings is 1. The van der Waals surface area contributed by atoms with E-state index in [1.54, 1.807) is 6.20 Å². The van der Waals surface area contributed by atoms with Crippen molar-refractivity contribution < 1.29 is 4.79 Å². The number of hydrogen-bond donors (Lipinski definition) is 2. The highest BCUT2D eigenvalue weighted by Gasteiger charge is 2.07. The summed E-state index contributed by atoms with van der Waals surface area (Å²) in [6.07, 6.45) is 2.02. The Labute approximate surface area is 154 Å². The second-order valence-corrected chi connectivity index (χ2v) is 6.53. The number of hydrogen-bond acceptors (Lipinski definition) is 3. The predicted octanol–water partition coefficient (Wildman–Crippen LogP) is 4.93. The SMILES string of the molecule is Cc1ccc(Nc2ccc(NC(=O)Cc3ccccc3C)cn2)c(C)c1. The summed E-state index contributed by atoms with van der Waals surface area (Å²) in [7, 11) is 0. The van der Waals surface area contributed by atoms with Gasteiger partial charge in [-0.25, -0.2) is 4.98 Å². The summed E-state index contributed by atoms with van der Waals surface area (Å²) in [4.78, 5) is 16.6. The maximum Gasteiger partial charge on any atom is 0.228 e. The molecule has 0 bridgehead atoms. The molecule has 0 atom stereocenters. The Morgan fingerprint density at radius 1 is 0.962 bits per heavy atom. The Morgan fingerprint density at radius 2 is 1.77 bits per heavy atom. The van der Waals surface area contributed by atoms with Gasteiger partial charge in [-0.1, -0.05) is 42.0 Å². The van der Waals surface area contributed by atoms with Crippen LogP contribution in [0.2, 0.25) is 0 Å². The third-order valence-electron chi connectivity index (χ3n) is 4.30. The Kier molecular flexibility index (Phi) is 5.32. The highest BCUT2D eigenvalue weighted by molar-refractivity contribution is 5.92. The number of aromatic nitrogens is 1. The number of nitrogens with zero attached hydrogens (tertiary/aromatic N) is 1. The van der Waals surface area contributed by atoms with Crippen molar-refractivity contribution in [3.63, 3.8) is 0 Å². The molecule has 0 unspecified atom stereocenters. The van der Waals surface area contributed by atoms with Crippen molar-refractivity contribution in [2.45, 2.75) is 27.2 Å². The number of rotatable bonds is 5. The van der Waals surface area contributed by atoms with Crippen molar-refractivity contribution in [1.82, 2.24) is 4.98 Å². The summed E-state index contributed by atoms with van der Waals surface area (Å²) in [5.41, 5.74) is 6.27. The van der Waals surface area contributed by atoms with E-state index in [-0.39, 0.29) is 5.91 Å². The van der Waals surface area contributed by atoms with Crippen LogP contribution in [0.15, 0.2) is 60.8 Å². The predicted molar refractivity (Wildman–Crippen MR) is 107 cm³/mol. The van der Waals surface area contributed by atoms with E-state index >= 15 is 0 Å². The average molecular weight is 345 g/mol. The smallest absolute Gasteiger partial charge is 0.228 e. The van der Waals surface area contributed by atoms with Gasteiger partial charge in [0, 0.05) is 5.69 Å². The Morgan fingerprint density at radius 3 is 2.46 bits per heavy atom. The van der Waals surface area contributed by atoms with E-state index in [0.717, 1.165) is 22.6 Å². The largest absolute Gasteiger partial charge is 0.340 e. The van der Waals surface area contributed by atoms with Crippen LogP contribution in [0.4, 0.5) is 17.2 Å². The molecule has 26 heavy (non-hydrogen) atoms. The zero-order valence-electron chi connectivity index (χ0n) is 15.3. The molecule has 3 rings (SSSR count). The molecular weight excluding hydrogens is 322 g/mol. The van der Waals surface area contributed by atoms with E-state index < -0.39 is 0 Å². The minimum absolute atomic E-state index is 0.0452. The number of carbonyl (C=O) groups excluding carboxylic acids is 1. The lowest BCUT2D eigenvalue weighted by Gasteiger charge is -2.11. The molecule has 0 saturated heterocycles. The summed E-state index contributed by atoms with van der Waals surface area (Å²) in [6, 6.07) is 17.9. The molecule has 0 saturated carbocycles. The number of nitrogens with one attached hydrogen (secondary N) is 2. The molecule has 4 heteroatoms. The van der Waals surface area contributed by atoms with Gasteiger partial charge in [-0.2, -0.15) is 0 Å². The fourth-order valence-corrected chi connectivity index (χ4v) is 2.82. The molecule has 0 aliphatic heterocycles. The van der Waals surface area contributed by atoms with Gasteiger partial charge in [0.2, 0.25) is 5.91 Å². The number of anilines is 3. The van der Waals surface area contributed by atoms with Gasteiger partial charge in [0.15, 0.2) is 0 Å². The van der Waals surface area contributed by atoms with E-state index in [9.17, 15) is 4.79 Å². The van der Waals surface area contributed by atoms with Crippen LogP contribution in [-0.4, -0.2) is 10.9 Å². The molecule has 0 spiro atoms. The quantitative estimate of drug-likeness (QED) is 0.689. The first kappa shape index (κ1) is 17.7. The standard InChI is InChI=1S/C22H23N3O/c1-15-8-10-20(17(3)12-15)25-21-11-9-19(14-23-21)24-22(26)13-18-7-5-4-6-16(18)2/h4-12,14H,13H2,1-3H3,(H,23,25)(H,24,26). The minimum Gasteiger partial charge on any atom is -0.340 e. The lowest BCUT2D eigenvalue weighted by Crippen LogP contribution is -2.15. The first-order valence-electron chi connectivity index (χ1n) is 8.66. The molecule has 1 heterocycles. The summed E-state index contributed by atoms with van der Waals surface area (Å²) >= 11 is 0. The molecule has 1 amide bonds. The molecule has 0 fully saturated rings. The van der Waals surface area contributed by atoms with Gasteiger partial charge in [0.05, 0.1) is 18.3 Å². The first-order chi connectivity index (χ1) is 12.5. The average Bonchev–Trinajstić information content (AvgIpc) is 2.61. The summed E-state index contributed by atoms with van der Waals surface area (Å²) in [5.74, 6) is 0.699. The monoisotopic (exact) mass is 345 g/mol. The lowest BCUT2D eigenvalue weighted by molar-refractivity contribution is -0.115. The highest BCUT2D eigenvalue weighted by atomic mass is 16.1. The molecule has 132 valence electrons. The van der Waals surface area contributed by atoms with Crippen molar-refractivity contribution in [1.29, 1.82) is 0 Å². The van der Waals surface area contributed by atoms with Gasteiger partial charge in [-0.05, 0) is 55.7 Å². The number of aryl methyl sites for hydroxylation is 3. The number of carbonyl (C=O) groups is 1. The van der Waals surface area contributed by atoms with Crippen LogP contribution in [0.1, 0.15) is 22.3 Å². The van der Waals surface area contributed by atoms with Crippen molar-refractivity contribution in [3.05, 3.63) is 83.0 Å². The zero-order chi connectivity index (χ0) is 18.5. The Bertz CT molecular complexity index is 917. The van der Waals surface area contributed by atoms with Gasteiger partial charge in [-0.15, -0.1) is 0 Å². The van der Waals surface area contributed by atoms with Crippen LogP contribution in [0.3, 0.4) is 0 Å². The normalized spacial score (nSPS) is 10.4. The Hall–Kier alpha value is -3.14. The van der Waals surface area contributed by atoms with Crippen LogP contribution in [0.25, 0.3) is 0 Å². The summed E-state index contributed by atoms with van der Waals surface area (Å²) < 4.78 is 0. The van der Waals surface area contributed by atoms with Crippen LogP contribution < -0.4 is 10.6 Å². The Balaban J connectivity index is 1.62. The zero-order valence-corrected chi connectivity index (χ0v) is 15.3. The van der Waals surface area contributed by atoms with Gasteiger partial charge >= 0.3 is 0 Å². The molecule has 1 aromatic heterocycles. The van der Waals surface area contributed by atoms with Crippen molar-refractivity contribution >= 4 is 23.1 Å². The van der Waals surface area contributed by atoms with Gasteiger partial charge in [0.25, 0.3) is 0 Å². The molecule has 0 aliphatic rings. The van der Waals surface area contributed by atoms with Gasteiger partial charge in [-0.3, -0.25) is 4.79 Å². The fraction of sp³-hybridized carbons (Fsp3) is 0.182. The molecule has 2 aromatic carbocycles. The van der Waals surface area contributed by atoms with Crippen molar-refractivity contribution in [3.8, 4) is 0 Å². The van der Waals surface area contributed by atoms with Crippen LogP contribution in [0.5, 0.6) is 0 Å². The second-order valence-electron chi connectivity index (χ2n) is 6.53. The van der Waals surface area contributed by atoms with Crippen molar-refractivity contribution in [2.24, 2.45) is 0 Å². The fourth-order valence-electron chi connectivity index (χ4n) is 2.82. The maximum atomic E-state index is 12.2. The lowest BCUT2D eigenvalue weighted by atomic mass is 10.1. The maximum absolute atomic E-state index is 12.2. The molecule has 0 radical (unpaired) electrons. The van der Waals surface area contributed by atoms with E-state index in [4.69, 9.17) is 0 Å². The van der Waals surface area contributed by atoms with E-state index in [2.05, 4.69) is 41.6 Å². The van der Waals surface area contributed by atoms with Crippen LogP contribution in [-0.2, 0) is 11.2 Å². The summed E-state index contributed by atoms with van der Waals surface area (Å²) in [5, 5.41) is 6.20. The van der Waals surface area contributed by atoms with E-state index in [1.165, 1.54) is 11.1 Å². The van der Waals surface area contributed by atoms with E-state index in [0.29, 0.717) is 12.1 Å². The van der Waals surface area contributed by atoms with Crippen LogP contribution in [0, 0.1) is 20.8 Å². The van der Waals surface area contributed by atoms with Crippen LogP contribution >= 0.6 is 0 Å². The molecule has 2 N–H and O–H groups in total. The second kappa shape index (κ2) is 7.83. The van der Waals surface area contributed by atoms with E-state index in [1.807, 2.05) is 49.4 Å². The molecular formula is C22H23N3O. The third kappa shape index (κ3) is 4.48. The topological polar surface area (TPSA) is 54.0 Å². The molecule has 0 aliphatic carbocycles. The molecule has 4 nitrogen and oxygen atoms in total. The first-order valence-corrected chi connectivity index (χ1v) is 8.66. The number of amides is 1. The van der Waals surface area contributed by atoms with Crippen molar-refractivity contribution in [2.75, 3.05) is 10.6 Å².